The van der Waals surface area contributed by atoms with Crippen molar-refractivity contribution in [3.63, 3.8) is 0 Å². The van der Waals surface area contributed by atoms with Crippen LogP contribution in [0.4, 0.5) is 10.1 Å². The second kappa shape index (κ2) is 8.16. The average Bonchev–Trinajstić information content (AvgIpc) is 2.45. The fourth-order valence-electron chi connectivity index (χ4n) is 1.74. The predicted molar refractivity (Wildman–Crippen MR) is 76.7 cm³/mol. The SMILES string of the molecule is CCCCCNC(=O)C(C)Nc1ccc(C#N)cc1F. The van der Waals surface area contributed by atoms with Crippen LogP contribution in [0.25, 0.3) is 0 Å². The van der Waals surface area contributed by atoms with E-state index in [0.29, 0.717) is 6.54 Å². The van der Waals surface area contributed by atoms with E-state index < -0.39 is 11.9 Å². The number of halogens is 1. The smallest absolute Gasteiger partial charge is 0.242 e. The normalized spacial score (nSPS) is 11.5. The summed E-state index contributed by atoms with van der Waals surface area (Å²) in [6.45, 7) is 4.40. The number of nitrogens with zero attached hydrogens (tertiary/aromatic N) is 1. The topological polar surface area (TPSA) is 64.9 Å². The molecule has 0 saturated carbocycles. The first-order valence-corrected chi connectivity index (χ1v) is 6.82. The molecule has 0 aliphatic rings. The summed E-state index contributed by atoms with van der Waals surface area (Å²) >= 11 is 0. The third-order valence-corrected chi connectivity index (χ3v) is 2.94. The van der Waals surface area contributed by atoms with Crippen molar-refractivity contribution in [2.75, 3.05) is 11.9 Å². The molecule has 5 heteroatoms. The largest absolute Gasteiger partial charge is 0.372 e. The molecule has 0 heterocycles. The van der Waals surface area contributed by atoms with Crippen LogP contribution in [0.15, 0.2) is 18.2 Å². The van der Waals surface area contributed by atoms with Gasteiger partial charge in [-0.15, -0.1) is 0 Å². The highest BCUT2D eigenvalue weighted by Gasteiger charge is 2.14. The number of unbranched alkanes of at least 4 members (excludes halogenated alkanes) is 2. The molecule has 1 atom stereocenters. The molecule has 0 bridgehead atoms. The lowest BCUT2D eigenvalue weighted by Gasteiger charge is -2.15. The number of nitrogens with one attached hydrogen (secondary N) is 2. The molecule has 1 rings (SSSR count). The van der Waals surface area contributed by atoms with Crippen LogP contribution in [-0.4, -0.2) is 18.5 Å². The molecule has 4 nitrogen and oxygen atoms in total. The Hall–Kier alpha value is -2.09. The summed E-state index contributed by atoms with van der Waals surface area (Å²) in [5, 5.41) is 14.3. The van der Waals surface area contributed by atoms with Crippen molar-refractivity contribution >= 4 is 11.6 Å². The van der Waals surface area contributed by atoms with Gasteiger partial charge in [-0.1, -0.05) is 19.8 Å². The van der Waals surface area contributed by atoms with Gasteiger partial charge in [0.25, 0.3) is 0 Å². The highest BCUT2D eigenvalue weighted by atomic mass is 19.1. The number of nitriles is 1. The van der Waals surface area contributed by atoms with Crippen molar-refractivity contribution in [2.45, 2.75) is 39.2 Å². The summed E-state index contributed by atoms with van der Waals surface area (Å²) in [5.74, 6) is -0.695. The molecule has 1 aromatic carbocycles. The van der Waals surface area contributed by atoms with Gasteiger partial charge in [-0.2, -0.15) is 5.26 Å². The highest BCUT2D eigenvalue weighted by Crippen LogP contribution is 2.16. The van der Waals surface area contributed by atoms with Gasteiger partial charge >= 0.3 is 0 Å². The van der Waals surface area contributed by atoms with Gasteiger partial charge in [0.2, 0.25) is 5.91 Å². The molecule has 108 valence electrons. The van der Waals surface area contributed by atoms with E-state index in [1.165, 1.54) is 12.1 Å². The van der Waals surface area contributed by atoms with Gasteiger partial charge in [-0.25, -0.2) is 4.39 Å². The lowest BCUT2D eigenvalue weighted by atomic mass is 10.2. The molecule has 0 saturated heterocycles. The van der Waals surface area contributed by atoms with E-state index in [9.17, 15) is 9.18 Å². The van der Waals surface area contributed by atoms with Crippen molar-refractivity contribution in [1.82, 2.24) is 5.32 Å². The van der Waals surface area contributed by atoms with Crippen molar-refractivity contribution in [3.05, 3.63) is 29.6 Å². The first-order valence-electron chi connectivity index (χ1n) is 6.82. The Kier molecular flexibility index (Phi) is 6.51. The van der Waals surface area contributed by atoms with E-state index in [2.05, 4.69) is 17.6 Å². The molecular weight excluding hydrogens is 257 g/mol. The van der Waals surface area contributed by atoms with Crippen LogP contribution in [0.2, 0.25) is 0 Å². The van der Waals surface area contributed by atoms with Gasteiger partial charge in [-0.3, -0.25) is 4.79 Å². The Balaban J connectivity index is 2.51. The zero-order valence-electron chi connectivity index (χ0n) is 11.9. The number of hydrogen-bond acceptors (Lipinski definition) is 3. The Bertz CT molecular complexity index is 496. The maximum atomic E-state index is 13.7. The quantitative estimate of drug-likeness (QED) is 0.753. The summed E-state index contributed by atoms with van der Waals surface area (Å²) in [5.41, 5.74) is 0.477. The molecule has 20 heavy (non-hydrogen) atoms. The monoisotopic (exact) mass is 277 g/mol. The molecular formula is C15H20FN3O. The Morgan fingerprint density at radius 2 is 2.20 bits per heavy atom. The minimum Gasteiger partial charge on any atom is -0.372 e. The molecule has 1 amide bonds. The maximum absolute atomic E-state index is 13.7. The third kappa shape index (κ3) is 4.88. The van der Waals surface area contributed by atoms with Crippen LogP contribution in [-0.2, 0) is 4.79 Å². The zero-order chi connectivity index (χ0) is 15.0. The molecule has 0 fully saturated rings. The average molecular weight is 277 g/mol. The molecule has 0 spiro atoms. The minimum absolute atomic E-state index is 0.162. The molecule has 0 aromatic heterocycles. The molecule has 0 aliphatic carbocycles. The molecule has 1 aromatic rings. The van der Waals surface area contributed by atoms with E-state index >= 15 is 0 Å². The van der Waals surface area contributed by atoms with E-state index in [0.717, 1.165) is 25.3 Å². The van der Waals surface area contributed by atoms with Gasteiger partial charge < -0.3 is 10.6 Å². The summed E-state index contributed by atoms with van der Waals surface area (Å²) in [7, 11) is 0. The van der Waals surface area contributed by atoms with Crippen LogP contribution in [0.5, 0.6) is 0 Å². The summed E-state index contributed by atoms with van der Waals surface area (Å²) in [6, 6.07) is 5.46. The number of carbonyl (C=O) groups excluding carboxylic acids is 1. The van der Waals surface area contributed by atoms with E-state index in [4.69, 9.17) is 5.26 Å². The third-order valence-electron chi connectivity index (χ3n) is 2.94. The van der Waals surface area contributed by atoms with Crippen LogP contribution in [0.1, 0.15) is 38.7 Å². The number of carbonyl (C=O) groups is 1. The van der Waals surface area contributed by atoms with Gasteiger partial charge in [-0.05, 0) is 31.5 Å². The zero-order valence-corrected chi connectivity index (χ0v) is 11.9. The number of benzene rings is 1. The van der Waals surface area contributed by atoms with Crippen molar-refractivity contribution in [2.24, 2.45) is 0 Å². The van der Waals surface area contributed by atoms with Gasteiger partial charge in [0.15, 0.2) is 0 Å². The Labute approximate surface area is 119 Å². The molecule has 1 unspecified atom stereocenters. The standard InChI is InChI=1S/C15H20FN3O/c1-3-4-5-8-18-15(20)11(2)19-14-7-6-12(10-17)9-13(14)16/h6-7,9,11,19H,3-5,8H2,1-2H3,(H,18,20). The number of rotatable bonds is 7. The van der Waals surface area contributed by atoms with Crippen molar-refractivity contribution in [1.29, 1.82) is 5.26 Å². The Morgan fingerprint density at radius 3 is 2.80 bits per heavy atom. The van der Waals surface area contributed by atoms with E-state index in [1.54, 1.807) is 6.92 Å². The van der Waals surface area contributed by atoms with Gasteiger partial charge in [0.1, 0.15) is 11.9 Å². The number of hydrogen-bond donors (Lipinski definition) is 2. The number of amides is 1. The van der Waals surface area contributed by atoms with E-state index in [1.807, 2.05) is 6.07 Å². The fourth-order valence-corrected chi connectivity index (χ4v) is 1.74. The van der Waals surface area contributed by atoms with Gasteiger partial charge in [0.05, 0.1) is 17.3 Å². The minimum atomic E-state index is -0.533. The maximum Gasteiger partial charge on any atom is 0.242 e. The van der Waals surface area contributed by atoms with E-state index in [-0.39, 0.29) is 17.2 Å². The highest BCUT2D eigenvalue weighted by molar-refractivity contribution is 5.84. The lowest BCUT2D eigenvalue weighted by Crippen LogP contribution is -2.38. The predicted octanol–water partition coefficient (Wildman–Crippen LogP) is 2.80. The molecule has 0 aliphatic heterocycles. The Morgan fingerprint density at radius 1 is 1.45 bits per heavy atom. The summed E-state index contributed by atoms with van der Waals surface area (Å²) in [6.07, 6.45) is 3.12. The van der Waals surface area contributed by atoms with Crippen LogP contribution < -0.4 is 10.6 Å². The van der Waals surface area contributed by atoms with Crippen LogP contribution in [0.3, 0.4) is 0 Å². The summed E-state index contributed by atoms with van der Waals surface area (Å²) in [4.78, 5) is 11.8. The van der Waals surface area contributed by atoms with Crippen molar-refractivity contribution < 1.29 is 9.18 Å². The van der Waals surface area contributed by atoms with Crippen molar-refractivity contribution in [3.8, 4) is 6.07 Å². The fraction of sp³-hybridized carbons (Fsp3) is 0.467. The second-order valence-electron chi connectivity index (χ2n) is 4.67. The summed E-state index contributed by atoms with van der Waals surface area (Å²) < 4.78 is 13.7. The van der Waals surface area contributed by atoms with Crippen LogP contribution >= 0.6 is 0 Å². The molecule has 2 N–H and O–H groups in total. The lowest BCUT2D eigenvalue weighted by molar-refractivity contribution is -0.121. The number of anilines is 1. The first-order chi connectivity index (χ1) is 9.58. The van der Waals surface area contributed by atoms with Crippen LogP contribution in [0, 0.1) is 17.1 Å². The molecule has 0 radical (unpaired) electrons. The second-order valence-corrected chi connectivity index (χ2v) is 4.67. The first kappa shape index (κ1) is 16.0. The van der Waals surface area contributed by atoms with Gasteiger partial charge in [0, 0.05) is 6.54 Å².